The summed E-state index contributed by atoms with van der Waals surface area (Å²) in [6, 6.07) is 9.56. The summed E-state index contributed by atoms with van der Waals surface area (Å²) in [6.45, 7) is 3.38. The topological polar surface area (TPSA) is 85.2 Å². The summed E-state index contributed by atoms with van der Waals surface area (Å²) in [5, 5.41) is 11.9. The molecule has 0 unspecified atom stereocenters. The predicted molar refractivity (Wildman–Crippen MR) is 99.0 cm³/mol. The summed E-state index contributed by atoms with van der Waals surface area (Å²) >= 11 is 0. The van der Waals surface area contributed by atoms with Crippen molar-refractivity contribution in [3.63, 3.8) is 0 Å². The first kappa shape index (κ1) is 16.3. The molecule has 2 fully saturated rings. The van der Waals surface area contributed by atoms with Crippen molar-refractivity contribution in [2.75, 3.05) is 41.3 Å². The number of nitrogens with one attached hydrogen (secondary N) is 1. The standard InChI is InChI=1S/C19H20N6O/c20-12-14-5-6-21-18(11-14)25-9-7-24(8-10-25)16-3-4-17(22-13-16)23-19(26)15-1-2-15/h3-6,11,13,15H,1-2,7-10H2,(H,22,23,26). The lowest BCUT2D eigenvalue weighted by molar-refractivity contribution is -0.117. The van der Waals surface area contributed by atoms with E-state index >= 15 is 0 Å². The Hall–Kier alpha value is -3.14. The van der Waals surface area contributed by atoms with Crippen molar-refractivity contribution in [2.24, 2.45) is 5.92 Å². The van der Waals surface area contributed by atoms with Crippen molar-refractivity contribution in [1.82, 2.24) is 9.97 Å². The van der Waals surface area contributed by atoms with Crippen LogP contribution in [0.4, 0.5) is 17.3 Å². The first-order valence-electron chi connectivity index (χ1n) is 8.86. The highest BCUT2D eigenvalue weighted by atomic mass is 16.2. The molecule has 0 aromatic carbocycles. The van der Waals surface area contributed by atoms with Gasteiger partial charge in [0.2, 0.25) is 5.91 Å². The van der Waals surface area contributed by atoms with Gasteiger partial charge in [0.25, 0.3) is 0 Å². The van der Waals surface area contributed by atoms with Crippen LogP contribution in [0.1, 0.15) is 18.4 Å². The van der Waals surface area contributed by atoms with Gasteiger partial charge in [-0.15, -0.1) is 0 Å². The summed E-state index contributed by atoms with van der Waals surface area (Å²) in [7, 11) is 0. The molecular formula is C19H20N6O. The molecule has 0 spiro atoms. The monoisotopic (exact) mass is 348 g/mol. The highest BCUT2D eigenvalue weighted by Crippen LogP contribution is 2.30. The summed E-state index contributed by atoms with van der Waals surface area (Å²) in [5.74, 6) is 1.71. The Kier molecular flexibility index (Phi) is 4.40. The smallest absolute Gasteiger partial charge is 0.228 e. The fourth-order valence-electron chi connectivity index (χ4n) is 3.08. The molecule has 1 aliphatic heterocycles. The maximum atomic E-state index is 11.8. The number of pyridine rings is 2. The van der Waals surface area contributed by atoms with Gasteiger partial charge in [-0.1, -0.05) is 0 Å². The summed E-state index contributed by atoms with van der Waals surface area (Å²) in [6.07, 6.45) is 5.46. The van der Waals surface area contributed by atoms with Crippen molar-refractivity contribution in [1.29, 1.82) is 5.26 Å². The van der Waals surface area contributed by atoms with Gasteiger partial charge in [-0.05, 0) is 37.1 Å². The summed E-state index contributed by atoms with van der Waals surface area (Å²) < 4.78 is 0. The summed E-state index contributed by atoms with van der Waals surface area (Å²) in [4.78, 5) is 25.0. The number of carbonyl (C=O) groups excluding carboxylic acids is 1. The highest BCUT2D eigenvalue weighted by molar-refractivity contribution is 5.93. The van der Waals surface area contributed by atoms with E-state index in [2.05, 4.69) is 31.2 Å². The fraction of sp³-hybridized carbons (Fsp3) is 0.368. The van der Waals surface area contributed by atoms with Crippen LogP contribution in [0, 0.1) is 17.2 Å². The zero-order valence-corrected chi connectivity index (χ0v) is 14.4. The molecule has 2 aromatic rings. The molecule has 1 aliphatic carbocycles. The van der Waals surface area contributed by atoms with Crippen LogP contribution >= 0.6 is 0 Å². The Balaban J connectivity index is 1.35. The van der Waals surface area contributed by atoms with Gasteiger partial charge in [-0.3, -0.25) is 4.79 Å². The van der Waals surface area contributed by atoms with Crippen LogP contribution in [0.25, 0.3) is 0 Å². The molecule has 2 aromatic heterocycles. The number of hydrogen-bond acceptors (Lipinski definition) is 6. The number of nitriles is 1. The van der Waals surface area contributed by atoms with Crippen LogP contribution in [-0.4, -0.2) is 42.1 Å². The Labute approximate surface area is 152 Å². The lowest BCUT2D eigenvalue weighted by Crippen LogP contribution is -2.46. The van der Waals surface area contributed by atoms with E-state index in [1.54, 1.807) is 12.3 Å². The van der Waals surface area contributed by atoms with Crippen LogP contribution in [0.3, 0.4) is 0 Å². The molecule has 2 aliphatic rings. The van der Waals surface area contributed by atoms with E-state index in [1.165, 1.54) is 0 Å². The maximum Gasteiger partial charge on any atom is 0.228 e. The quantitative estimate of drug-likeness (QED) is 0.910. The minimum absolute atomic E-state index is 0.0750. The molecular weight excluding hydrogens is 328 g/mol. The Bertz CT molecular complexity index is 832. The maximum absolute atomic E-state index is 11.8. The number of aromatic nitrogens is 2. The molecule has 1 N–H and O–H groups in total. The second-order valence-corrected chi connectivity index (χ2v) is 6.65. The van der Waals surface area contributed by atoms with E-state index in [0.717, 1.165) is 50.5 Å². The normalized spacial score (nSPS) is 16.9. The first-order chi connectivity index (χ1) is 12.7. The lowest BCUT2D eigenvalue weighted by Gasteiger charge is -2.36. The third-order valence-electron chi connectivity index (χ3n) is 4.79. The average molecular weight is 348 g/mol. The average Bonchev–Trinajstić information content (AvgIpc) is 3.54. The first-order valence-corrected chi connectivity index (χ1v) is 8.86. The van der Waals surface area contributed by atoms with Crippen molar-refractivity contribution in [2.45, 2.75) is 12.8 Å². The zero-order chi connectivity index (χ0) is 17.9. The molecule has 132 valence electrons. The number of piperazine rings is 1. The van der Waals surface area contributed by atoms with Gasteiger partial charge in [-0.2, -0.15) is 5.26 Å². The van der Waals surface area contributed by atoms with Gasteiger partial charge in [0.1, 0.15) is 11.6 Å². The number of nitrogens with zero attached hydrogens (tertiary/aromatic N) is 5. The molecule has 1 saturated heterocycles. The molecule has 0 atom stereocenters. The Morgan fingerprint density at radius 2 is 1.88 bits per heavy atom. The Morgan fingerprint density at radius 1 is 1.12 bits per heavy atom. The molecule has 26 heavy (non-hydrogen) atoms. The van der Waals surface area contributed by atoms with Gasteiger partial charge in [0.15, 0.2) is 0 Å². The van der Waals surface area contributed by atoms with Crippen molar-refractivity contribution < 1.29 is 4.79 Å². The predicted octanol–water partition coefficient (Wildman–Crippen LogP) is 2.02. The van der Waals surface area contributed by atoms with E-state index in [9.17, 15) is 4.79 Å². The molecule has 1 saturated carbocycles. The largest absolute Gasteiger partial charge is 0.367 e. The zero-order valence-electron chi connectivity index (χ0n) is 14.4. The number of hydrogen-bond donors (Lipinski definition) is 1. The summed E-state index contributed by atoms with van der Waals surface area (Å²) in [5.41, 5.74) is 1.68. The lowest BCUT2D eigenvalue weighted by atomic mass is 10.2. The van der Waals surface area contributed by atoms with E-state index in [4.69, 9.17) is 5.26 Å². The van der Waals surface area contributed by atoms with Crippen LogP contribution < -0.4 is 15.1 Å². The van der Waals surface area contributed by atoms with E-state index in [0.29, 0.717) is 11.4 Å². The van der Waals surface area contributed by atoms with Crippen LogP contribution in [0.2, 0.25) is 0 Å². The molecule has 7 nitrogen and oxygen atoms in total. The fourth-order valence-corrected chi connectivity index (χ4v) is 3.08. The minimum Gasteiger partial charge on any atom is -0.367 e. The third kappa shape index (κ3) is 3.59. The molecule has 1 amide bonds. The van der Waals surface area contributed by atoms with Crippen molar-refractivity contribution in [3.05, 3.63) is 42.2 Å². The Morgan fingerprint density at radius 3 is 2.54 bits per heavy atom. The third-order valence-corrected chi connectivity index (χ3v) is 4.79. The highest BCUT2D eigenvalue weighted by Gasteiger charge is 2.29. The van der Waals surface area contributed by atoms with E-state index in [1.807, 2.05) is 24.4 Å². The second-order valence-electron chi connectivity index (χ2n) is 6.65. The minimum atomic E-state index is 0.0750. The molecule has 0 radical (unpaired) electrons. The van der Waals surface area contributed by atoms with Crippen LogP contribution in [-0.2, 0) is 4.79 Å². The van der Waals surface area contributed by atoms with Gasteiger partial charge in [-0.25, -0.2) is 9.97 Å². The van der Waals surface area contributed by atoms with Crippen LogP contribution in [0.15, 0.2) is 36.7 Å². The number of carbonyl (C=O) groups is 1. The number of rotatable bonds is 4. The number of amides is 1. The molecule has 0 bridgehead atoms. The van der Waals surface area contributed by atoms with Crippen LogP contribution in [0.5, 0.6) is 0 Å². The van der Waals surface area contributed by atoms with E-state index in [-0.39, 0.29) is 11.8 Å². The second kappa shape index (κ2) is 7.00. The SMILES string of the molecule is N#Cc1ccnc(N2CCN(c3ccc(NC(=O)C4CC4)nc3)CC2)c1. The van der Waals surface area contributed by atoms with Gasteiger partial charge in [0, 0.05) is 38.3 Å². The molecule has 7 heteroatoms. The molecule has 4 rings (SSSR count). The van der Waals surface area contributed by atoms with E-state index < -0.39 is 0 Å². The van der Waals surface area contributed by atoms with Crippen molar-refractivity contribution >= 4 is 23.2 Å². The molecule has 3 heterocycles. The van der Waals surface area contributed by atoms with Gasteiger partial charge >= 0.3 is 0 Å². The van der Waals surface area contributed by atoms with Gasteiger partial charge in [0.05, 0.1) is 23.5 Å². The number of anilines is 3. The van der Waals surface area contributed by atoms with Gasteiger partial charge < -0.3 is 15.1 Å². The van der Waals surface area contributed by atoms with Crippen molar-refractivity contribution in [3.8, 4) is 6.07 Å².